The van der Waals surface area contributed by atoms with Crippen LogP contribution in [0.2, 0.25) is 5.02 Å². The molecule has 3 rings (SSSR count). The van der Waals surface area contributed by atoms with Gasteiger partial charge in [0.05, 0.1) is 10.7 Å². The number of halogens is 1. The smallest absolute Gasteiger partial charge is 0.251 e. The van der Waals surface area contributed by atoms with Crippen molar-refractivity contribution in [2.75, 3.05) is 18.0 Å². The molecule has 1 unspecified atom stereocenters. The average molecular weight is 344 g/mol. The Hall–Kier alpha value is -2.04. The summed E-state index contributed by atoms with van der Waals surface area (Å²) in [4.78, 5) is 14.7. The molecule has 1 saturated heterocycles. The van der Waals surface area contributed by atoms with Gasteiger partial charge < -0.3 is 16.0 Å². The summed E-state index contributed by atoms with van der Waals surface area (Å²) in [5, 5.41) is 3.89. The number of nitrogens with one attached hydrogen (secondary N) is 1. The summed E-state index contributed by atoms with van der Waals surface area (Å²) in [5.41, 5.74) is 8.32. The molecule has 1 atom stereocenters. The molecule has 3 N–H and O–H groups in total. The van der Waals surface area contributed by atoms with E-state index in [9.17, 15) is 4.79 Å². The maximum absolute atomic E-state index is 12.4. The summed E-state index contributed by atoms with van der Waals surface area (Å²) in [6, 6.07) is 15.4. The zero-order valence-electron chi connectivity index (χ0n) is 13.5. The molecule has 2 aromatic rings. The van der Waals surface area contributed by atoms with Crippen LogP contribution in [0.3, 0.4) is 0 Å². The van der Waals surface area contributed by atoms with Gasteiger partial charge in [0, 0.05) is 31.2 Å². The van der Waals surface area contributed by atoms with Crippen molar-refractivity contribution in [1.29, 1.82) is 0 Å². The molecule has 0 spiro atoms. The van der Waals surface area contributed by atoms with Crippen molar-refractivity contribution in [3.8, 4) is 0 Å². The lowest BCUT2D eigenvalue weighted by Gasteiger charge is -2.35. The lowest BCUT2D eigenvalue weighted by molar-refractivity contribution is 0.0933. The number of carbonyl (C=O) groups excluding carboxylic acids is 1. The van der Waals surface area contributed by atoms with Gasteiger partial charge in [0.15, 0.2) is 0 Å². The Kier molecular flexibility index (Phi) is 5.38. The Morgan fingerprint density at radius 1 is 1.21 bits per heavy atom. The van der Waals surface area contributed by atoms with Gasteiger partial charge in [-0.3, -0.25) is 4.79 Å². The predicted octanol–water partition coefficient (Wildman–Crippen LogP) is 3.20. The zero-order chi connectivity index (χ0) is 16.9. The van der Waals surface area contributed by atoms with Crippen LogP contribution in [0.4, 0.5) is 5.69 Å². The second kappa shape index (κ2) is 7.69. The van der Waals surface area contributed by atoms with Crippen molar-refractivity contribution in [3.05, 3.63) is 64.7 Å². The molecule has 0 saturated carbocycles. The molecule has 5 heteroatoms. The van der Waals surface area contributed by atoms with Crippen molar-refractivity contribution < 1.29 is 4.79 Å². The van der Waals surface area contributed by atoms with Crippen LogP contribution in [0.5, 0.6) is 0 Å². The normalized spacial score (nSPS) is 17.6. The van der Waals surface area contributed by atoms with Gasteiger partial charge in [0.25, 0.3) is 5.91 Å². The summed E-state index contributed by atoms with van der Waals surface area (Å²) in [6.07, 6.45) is 2.01. The van der Waals surface area contributed by atoms with Crippen molar-refractivity contribution in [1.82, 2.24) is 5.32 Å². The number of hydrogen-bond donors (Lipinski definition) is 2. The molecule has 1 fully saturated rings. The Morgan fingerprint density at radius 2 is 1.96 bits per heavy atom. The van der Waals surface area contributed by atoms with E-state index in [0.717, 1.165) is 42.2 Å². The lowest BCUT2D eigenvalue weighted by atomic mass is 10.0. The number of nitrogens with zero attached hydrogens (tertiary/aromatic N) is 1. The lowest BCUT2D eigenvalue weighted by Crippen LogP contribution is -2.47. The predicted molar refractivity (Wildman–Crippen MR) is 98.5 cm³/mol. The van der Waals surface area contributed by atoms with E-state index < -0.39 is 0 Å². The summed E-state index contributed by atoms with van der Waals surface area (Å²) < 4.78 is 0. The second-order valence-corrected chi connectivity index (χ2v) is 6.52. The van der Waals surface area contributed by atoms with E-state index in [2.05, 4.69) is 10.2 Å². The highest BCUT2D eigenvalue weighted by Gasteiger charge is 2.23. The largest absolute Gasteiger partial charge is 0.368 e. The third-order valence-electron chi connectivity index (χ3n) is 4.40. The van der Waals surface area contributed by atoms with E-state index in [1.54, 1.807) is 0 Å². The number of carbonyl (C=O) groups is 1. The number of rotatable bonds is 4. The molecule has 1 amide bonds. The van der Waals surface area contributed by atoms with Crippen LogP contribution in [0, 0.1) is 0 Å². The number of anilines is 1. The molecule has 1 aliphatic rings. The average Bonchev–Trinajstić information content (AvgIpc) is 2.62. The summed E-state index contributed by atoms with van der Waals surface area (Å²) in [6.45, 7) is 2.22. The maximum atomic E-state index is 12.4. The first-order valence-corrected chi connectivity index (χ1v) is 8.64. The molecule has 1 aliphatic heterocycles. The maximum Gasteiger partial charge on any atom is 0.251 e. The quantitative estimate of drug-likeness (QED) is 0.896. The molecule has 0 aromatic heterocycles. The summed E-state index contributed by atoms with van der Waals surface area (Å²) >= 11 is 6.30. The monoisotopic (exact) mass is 343 g/mol. The third-order valence-corrected chi connectivity index (χ3v) is 4.72. The highest BCUT2D eigenvalue weighted by molar-refractivity contribution is 6.33. The van der Waals surface area contributed by atoms with Gasteiger partial charge in [0.2, 0.25) is 0 Å². The van der Waals surface area contributed by atoms with Crippen LogP contribution in [0.15, 0.2) is 48.5 Å². The van der Waals surface area contributed by atoms with Crippen LogP contribution in [0.1, 0.15) is 28.8 Å². The van der Waals surface area contributed by atoms with Crippen LogP contribution < -0.4 is 16.0 Å². The molecular weight excluding hydrogens is 322 g/mol. The summed E-state index contributed by atoms with van der Waals surface area (Å²) in [5.74, 6) is -0.0374. The minimum atomic E-state index is -0.0374. The van der Waals surface area contributed by atoms with E-state index in [0.29, 0.717) is 12.1 Å². The number of nitrogens with two attached hydrogens (primary N) is 1. The third kappa shape index (κ3) is 3.89. The Labute approximate surface area is 147 Å². The first-order valence-electron chi connectivity index (χ1n) is 8.26. The number of hydrogen-bond acceptors (Lipinski definition) is 3. The molecule has 1 heterocycles. The molecular formula is C19H22ClN3O. The first kappa shape index (κ1) is 16.8. The van der Waals surface area contributed by atoms with Gasteiger partial charge in [-0.2, -0.15) is 0 Å². The van der Waals surface area contributed by atoms with Crippen molar-refractivity contribution in [2.45, 2.75) is 25.4 Å². The Balaban J connectivity index is 1.64. The fourth-order valence-corrected chi connectivity index (χ4v) is 3.34. The number of benzene rings is 2. The van der Waals surface area contributed by atoms with Crippen LogP contribution in [-0.2, 0) is 6.54 Å². The fraction of sp³-hybridized carbons (Fsp3) is 0.316. The zero-order valence-corrected chi connectivity index (χ0v) is 14.3. The van der Waals surface area contributed by atoms with E-state index in [4.69, 9.17) is 17.3 Å². The highest BCUT2D eigenvalue weighted by atomic mass is 35.5. The molecule has 2 aromatic carbocycles. The number of piperidine rings is 1. The van der Waals surface area contributed by atoms with Crippen molar-refractivity contribution >= 4 is 23.2 Å². The molecule has 0 radical (unpaired) electrons. The van der Waals surface area contributed by atoms with Gasteiger partial charge in [0.1, 0.15) is 0 Å². The Morgan fingerprint density at radius 3 is 2.67 bits per heavy atom. The van der Waals surface area contributed by atoms with E-state index in [-0.39, 0.29) is 11.9 Å². The molecule has 0 aliphatic carbocycles. The summed E-state index contributed by atoms with van der Waals surface area (Å²) in [7, 11) is 0. The van der Waals surface area contributed by atoms with E-state index in [1.165, 1.54) is 0 Å². The van der Waals surface area contributed by atoms with Gasteiger partial charge in [-0.25, -0.2) is 0 Å². The standard InChI is InChI=1S/C19H22ClN3O/c20-17-5-1-2-6-18(17)23-11-3-4-16(13-23)22-19(24)15-9-7-14(12-21)8-10-15/h1-2,5-10,16H,3-4,11-13,21H2,(H,22,24). The van der Waals surface area contributed by atoms with Gasteiger partial charge in [-0.05, 0) is 42.7 Å². The molecule has 0 bridgehead atoms. The van der Waals surface area contributed by atoms with Crippen LogP contribution in [0.25, 0.3) is 0 Å². The van der Waals surface area contributed by atoms with Crippen LogP contribution in [-0.4, -0.2) is 25.0 Å². The van der Waals surface area contributed by atoms with Gasteiger partial charge >= 0.3 is 0 Å². The van der Waals surface area contributed by atoms with Crippen molar-refractivity contribution in [3.63, 3.8) is 0 Å². The van der Waals surface area contributed by atoms with Crippen LogP contribution >= 0.6 is 11.6 Å². The molecule has 126 valence electrons. The van der Waals surface area contributed by atoms with E-state index in [1.807, 2.05) is 48.5 Å². The highest BCUT2D eigenvalue weighted by Crippen LogP contribution is 2.27. The SMILES string of the molecule is NCc1ccc(C(=O)NC2CCCN(c3ccccc3Cl)C2)cc1. The molecule has 4 nitrogen and oxygen atoms in total. The van der Waals surface area contributed by atoms with Crippen molar-refractivity contribution in [2.24, 2.45) is 5.73 Å². The first-order chi connectivity index (χ1) is 11.7. The van der Waals surface area contributed by atoms with E-state index >= 15 is 0 Å². The number of amides is 1. The number of para-hydroxylation sites is 1. The van der Waals surface area contributed by atoms with Gasteiger partial charge in [-0.1, -0.05) is 35.9 Å². The topological polar surface area (TPSA) is 58.4 Å². The fourth-order valence-electron chi connectivity index (χ4n) is 3.08. The van der Waals surface area contributed by atoms with Gasteiger partial charge in [-0.15, -0.1) is 0 Å². The molecule has 24 heavy (non-hydrogen) atoms. The second-order valence-electron chi connectivity index (χ2n) is 6.11. The minimum Gasteiger partial charge on any atom is -0.368 e. The Bertz CT molecular complexity index is 702. The minimum absolute atomic E-state index is 0.0374.